The number of carbonyl (C=O) groups excluding carboxylic acids is 2. The lowest BCUT2D eigenvalue weighted by molar-refractivity contribution is 0.0894. The number of rotatable bonds is 1. The maximum absolute atomic E-state index is 13.2. The van der Waals surface area contributed by atoms with Gasteiger partial charge in [0.2, 0.25) is 0 Å². The smallest absolute Gasteiger partial charge is 0.266 e. The van der Waals surface area contributed by atoms with Crippen molar-refractivity contribution in [2.75, 3.05) is 4.90 Å². The number of hydrogen-bond acceptors (Lipinski definition) is 2. The second-order valence-corrected chi connectivity index (χ2v) is 6.67. The Morgan fingerprint density at radius 2 is 1.31 bits per heavy atom. The lowest BCUT2D eigenvalue weighted by atomic mass is 9.93. The van der Waals surface area contributed by atoms with Gasteiger partial charge in [0.05, 0.1) is 5.69 Å². The predicted molar refractivity (Wildman–Crippen MR) is 104 cm³/mol. The summed E-state index contributed by atoms with van der Waals surface area (Å²) in [5.74, 6) is -0.654. The zero-order chi connectivity index (χ0) is 17.8. The van der Waals surface area contributed by atoms with Crippen LogP contribution in [0.3, 0.4) is 0 Å². The molecule has 4 aromatic carbocycles. The maximum atomic E-state index is 13.2. The largest absolute Gasteiger partial charge is 0.268 e. The van der Waals surface area contributed by atoms with Crippen LogP contribution in [0.2, 0.25) is 5.02 Å². The van der Waals surface area contributed by atoms with E-state index < -0.39 is 0 Å². The lowest BCUT2D eigenvalue weighted by Gasteiger charge is -2.28. The topological polar surface area (TPSA) is 37.4 Å². The molecule has 0 aliphatic carbocycles. The molecule has 0 unspecified atom stereocenters. The molecule has 0 N–H and O–H groups in total. The first kappa shape index (κ1) is 15.1. The van der Waals surface area contributed by atoms with Crippen LogP contribution in [-0.2, 0) is 0 Å². The molecule has 0 saturated carbocycles. The van der Waals surface area contributed by atoms with Crippen molar-refractivity contribution in [3.8, 4) is 0 Å². The van der Waals surface area contributed by atoms with Crippen LogP contribution in [0.25, 0.3) is 21.5 Å². The van der Waals surface area contributed by atoms with Crippen molar-refractivity contribution >= 4 is 50.6 Å². The molecule has 0 saturated heterocycles. The number of halogens is 1. The van der Waals surface area contributed by atoms with E-state index in [0.717, 1.165) is 16.2 Å². The highest BCUT2D eigenvalue weighted by molar-refractivity contribution is 6.41. The normalized spacial score (nSPS) is 13.7. The fraction of sp³-hybridized carbons (Fsp3) is 0. The third-order valence-corrected chi connectivity index (χ3v) is 5.19. The van der Waals surface area contributed by atoms with E-state index in [0.29, 0.717) is 27.2 Å². The summed E-state index contributed by atoms with van der Waals surface area (Å²) in [6, 6.07) is 22.1. The molecule has 26 heavy (non-hydrogen) atoms. The molecule has 5 rings (SSSR count). The molecule has 2 amide bonds. The first-order valence-corrected chi connectivity index (χ1v) is 8.62. The molecule has 0 fully saturated rings. The van der Waals surface area contributed by atoms with Gasteiger partial charge in [0.1, 0.15) is 0 Å². The SMILES string of the molecule is O=C1c2cccc3c(Cl)ccc(c23)C(=O)N1c1cccc2ccccc12. The fourth-order valence-corrected chi connectivity index (χ4v) is 3.90. The second kappa shape index (κ2) is 5.41. The standard InChI is InChI=1S/C22H12ClNO2/c23-18-12-11-17-20-15(18)8-4-9-16(20)21(25)24(22(17)26)19-10-3-6-13-5-1-2-7-14(13)19/h1-12H. The van der Waals surface area contributed by atoms with Crippen LogP contribution in [0, 0.1) is 0 Å². The van der Waals surface area contributed by atoms with E-state index in [9.17, 15) is 9.59 Å². The van der Waals surface area contributed by atoms with Crippen molar-refractivity contribution in [2.24, 2.45) is 0 Å². The van der Waals surface area contributed by atoms with Gasteiger partial charge in [-0.3, -0.25) is 9.59 Å². The summed E-state index contributed by atoms with van der Waals surface area (Å²) < 4.78 is 0. The van der Waals surface area contributed by atoms with Crippen LogP contribution in [0.1, 0.15) is 20.7 Å². The Balaban J connectivity index is 1.82. The summed E-state index contributed by atoms with van der Waals surface area (Å²) in [6.07, 6.45) is 0. The summed E-state index contributed by atoms with van der Waals surface area (Å²) in [6.45, 7) is 0. The Kier molecular flexibility index (Phi) is 3.15. The Morgan fingerprint density at radius 1 is 0.654 bits per heavy atom. The van der Waals surface area contributed by atoms with Gasteiger partial charge in [-0.25, -0.2) is 4.90 Å². The van der Waals surface area contributed by atoms with Gasteiger partial charge in [-0.2, -0.15) is 0 Å². The minimum absolute atomic E-state index is 0.327. The molecule has 4 aromatic rings. The highest BCUT2D eigenvalue weighted by Gasteiger charge is 2.34. The fourth-order valence-electron chi connectivity index (χ4n) is 3.68. The molecular weight excluding hydrogens is 346 g/mol. The summed E-state index contributed by atoms with van der Waals surface area (Å²) in [7, 11) is 0. The van der Waals surface area contributed by atoms with Crippen LogP contribution >= 0.6 is 11.6 Å². The van der Waals surface area contributed by atoms with Crippen molar-refractivity contribution in [1.82, 2.24) is 0 Å². The van der Waals surface area contributed by atoms with E-state index in [4.69, 9.17) is 11.6 Å². The van der Waals surface area contributed by atoms with Crippen molar-refractivity contribution < 1.29 is 9.59 Å². The van der Waals surface area contributed by atoms with Crippen LogP contribution in [0.15, 0.2) is 72.8 Å². The average molecular weight is 358 g/mol. The third kappa shape index (κ3) is 1.95. The van der Waals surface area contributed by atoms with Gasteiger partial charge in [-0.05, 0) is 29.7 Å². The Morgan fingerprint density at radius 3 is 2.15 bits per heavy atom. The molecule has 4 heteroatoms. The highest BCUT2D eigenvalue weighted by atomic mass is 35.5. The molecule has 1 aliphatic rings. The van der Waals surface area contributed by atoms with Crippen LogP contribution in [0.5, 0.6) is 0 Å². The minimum atomic E-state index is -0.327. The number of carbonyl (C=O) groups is 2. The summed E-state index contributed by atoms with van der Waals surface area (Å²) in [5.41, 5.74) is 1.58. The summed E-state index contributed by atoms with van der Waals surface area (Å²) in [4.78, 5) is 27.7. The van der Waals surface area contributed by atoms with Gasteiger partial charge >= 0.3 is 0 Å². The number of hydrogen-bond donors (Lipinski definition) is 0. The molecule has 1 aliphatic heterocycles. The van der Waals surface area contributed by atoms with E-state index in [-0.39, 0.29) is 11.8 Å². The van der Waals surface area contributed by atoms with Crippen molar-refractivity contribution in [3.63, 3.8) is 0 Å². The molecule has 0 spiro atoms. The Hall–Kier alpha value is -3.17. The quantitative estimate of drug-likeness (QED) is 0.425. The van der Waals surface area contributed by atoms with Gasteiger partial charge in [0, 0.05) is 32.3 Å². The number of amides is 2. The zero-order valence-corrected chi connectivity index (χ0v) is 14.3. The summed E-state index contributed by atoms with van der Waals surface area (Å²) in [5, 5.41) is 3.73. The van der Waals surface area contributed by atoms with Gasteiger partial charge < -0.3 is 0 Å². The van der Waals surface area contributed by atoms with Crippen LogP contribution in [-0.4, -0.2) is 11.8 Å². The number of fused-ring (bicyclic) bond motifs is 1. The minimum Gasteiger partial charge on any atom is -0.268 e. The van der Waals surface area contributed by atoms with E-state index in [2.05, 4.69) is 0 Å². The predicted octanol–water partition coefficient (Wildman–Crippen LogP) is 5.45. The molecule has 1 heterocycles. The Bertz CT molecular complexity index is 1220. The molecule has 0 atom stereocenters. The monoisotopic (exact) mass is 357 g/mol. The van der Waals surface area contributed by atoms with E-state index >= 15 is 0 Å². The number of imide groups is 1. The lowest BCUT2D eigenvalue weighted by Crippen LogP contribution is -2.40. The van der Waals surface area contributed by atoms with Crippen LogP contribution < -0.4 is 4.90 Å². The number of benzene rings is 4. The van der Waals surface area contributed by atoms with Gasteiger partial charge in [0.15, 0.2) is 0 Å². The zero-order valence-electron chi connectivity index (χ0n) is 13.6. The molecule has 0 aromatic heterocycles. The van der Waals surface area contributed by atoms with Crippen molar-refractivity contribution in [3.05, 3.63) is 88.9 Å². The van der Waals surface area contributed by atoms with Crippen LogP contribution in [0.4, 0.5) is 5.69 Å². The molecule has 0 bridgehead atoms. The highest BCUT2D eigenvalue weighted by Crippen LogP contribution is 2.37. The molecule has 124 valence electrons. The van der Waals surface area contributed by atoms with Crippen molar-refractivity contribution in [1.29, 1.82) is 0 Å². The average Bonchev–Trinajstić information content (AvgIpc) is 2.67. The van der Waals surface area contributed by atoms with E-state index in [1.54, 1.807) is 30.3 Å². The third-order valence-electron chi connectivity index (χ3n) is 4.86. The Labute approximate surface area is 154 Å². The molecule has 0 radical (unpaired) electrons. The number of nitrogens with zero attached hydrogens (tertiary/aromatic N) is 1. The maximum Gasteiger partial charge on any atom is 0.266 e. The van der Waals surface area contributed by atoms with Gasteiger partial charge in [-0.15, -0.1) is 0 Å². The van der Waals surface area contributed by atoms with Gasteiger partial charge in [0.25, 0.3) is 11.8 Å². The second-order valence-electron chi connectivity index (χ2n) is 6.27. The molecular formula is C22H12ClNO2. The van der Waals surface area contributed by atoms with E-state index in [1.165, 1.54) is 4.90 Å². The van der Waals surface area contributed by atoms with E-state index in [1.807, 2.05) is 42.5 Å². The first-order valence-electron chi connectivity index (χ1n) is 8.24. The van der Waals surface area contributed by atoms with Crippen molar-refractivity contribution in [2.45, 2.75) is 0 Å². The molecule has 3 nitrogen and oxygen atoms in total. The van der Waals surface area contributed by atoms with Gasteiger partial charge in [-0.1, -0.05) is 60.1 Å². The number of anilines is 1. The first-order chi connectivity index (χ1) is 12.7. The summed E-state index contributed by atoms with van der Waals surface area (Å²) >= 11 is 6.27.